The van der Waals surface area contributed by atoms with Gasteiger partial charge in [0.1, 0.15) is 0 Å². The van der Waals surface area contributed by atoms with E-state index in [-0.39, 0.29) is 5.91 Å². The molecule has 1 amide bonds. The number of rotatable bonds is 3. The van der Waals surface area contributed by atoms with Crippen molar-refractivity contribution in [3.05, 3.63) is 11.1 Å². The van der Waals surface area contributed by atoms with Crippen molar-refractivity contribution >= 4 is 22.4 Å². The van der Waals surface area contributed by atoms with E-state index in [4.69, 9.17) is 0 Å². The van der Waals surface area contributed by atoms with E-state index < -0.39 is 0 Å². The van der Waals surface area contributed by atoms with Gasteiger partial charge in [-0.3, -0.25) is 4.79 Å². The fraction of sp³-hybridized carbons (Fsp3) is 0.500. The van der Waals surface area contributed by atoms with Gasteiger partial charge in [0.15, 0.2) is 5.13 Å². The molecule has 0 saturated heterocycles. The highest BCUT2D eigenvalue weighted by Crippen LogP contribution is 2.18. The van der Waals surface area contributed by atoms with Crippen LogP contribution in [0.5, 0.6) is 0 Å². The normalized spacial score (nSPS) is 10.5. The van der Waals surface area contributed by atoms with Gasteiger partial charge < -0.3 is 10.2 Å². The summed E-state index contributed by atoms with van der Waals surface area (Å²) in [5.74, 6) is -0.0780. The first-order chi connectivity index (χ1) is 6.08. The number of carbonyl (C=O) groups excluding carboxylic acids is 1. The standard InChI is InChI=1S/C8H13N3OS/c1-6(12)10-8-9-4-7(13-8)5-11(2)3/h4H,5H2,1-3H3,(H,9,10,12). The minimum absolute atomic E-state index is 0.0780. The van der Waals surface area contributed by atoms with Crippen LogP contribution in [0.25, 0.3) is 0 Å². The quantitative estimate of drug-likeness (QED) is 0.794. The Bertz CT molecular complexity index is 295. The Labute approximate surface area is 81.6 Å². The summed E-state index contributed by atoms with van der Waals surface area (Å²) in [5, 5.41) is 3.32. The lowest BCUT2D eigenvalue weighted by atomic mass is 10.5. The Morgan fingerprint density at radius 3 is 2.92 bits per heavy atom. The maximum atomic E-state index is 10.7. The summed E-state index contributed by atoms with van der Waals surface area (Å²) >= 11 is 1.50. The molecule has 0 bridgehead atoms. The van der Waals surface area contributed by atoms with Gasteiger partial charge in [0.25, 0.3) is 0 Å². The van der Waals surface area contributed by atoms with Crippen LogP contribution in [0.2, 0.25) is 0 Å². The fourth-order valence-electron chi connectivity index (χ4n) is 0.901. The number of aromatic nitrogens is 1. The zero-order chi connectivity index (χ0) is 9.84. The number of hydrogen-bond donors (Lipinski definition) is 1. The molecular weight excluding hydrogens is 186 g/mol. The van der Waals surface area contributed by atoms with Gasteiger partial charge in [0.05, 0.1) is 0 Å². The molecule has 1 aromatic rings. The Morgan fingerprint density at radius 1 is 1.69 bits per heavy atom. The molecule has 13 heavy (non-hydrogen) atoms. The number of carbonyl (C=O) groups is 1. The van der Waals surface area contributed by atoms with Gasteiger partial charge in [-0.25, -0.2) is 4.98 Å². The zero-order valence-corrected chi connectivity index (χ0v) is 8.81. The van der Waals surface area contributed by atoms with Crippen molar-refractivity contribution < 1.29 is 4.79 Å². The number of thiazole rings is 1. The maximum Gasteiger partial charge on any atom is 0.223 e. The van der Waals surface area contributed by atoms with E-state index in [0.717, 1.165) is 11.4 Å². The van der Waals surface area contributed by atoms with Gasteiger partial charge in [0.2, 0.25) is 5.91 Å². The molecule has 0 aliphatic rings. The second kappa shape index (κ2) is 4.34. The van der Waals surface area contributed by atoms with E-state index in [9.17, 15) is 4.79 Å². The van der Waals surface area contributed by atoms with E-state index in [1.165, 1.54) is 18.3 Å². The Kier molecular flexibility index (Phi) is 3.39. The monoisotopic (exact) mass is 199 g/mol. The Balaban J connectivity index is 2.58. The number of anilines is 1. The largest absolute Gasteiger partial charge is 0.304 e. The molecule has 1 aromatic heterocycles. The van der Waals surface area contributed by atoms with Crippen molar-refractivity contribution in [3.63, 3.8) is 0 Å². The summed E-state index contributed by atoms with van der Waals surface area (Å²) in [6.45, 7) is 2.34. The summed E-state index contributed by atoms with van der Waals surface area (Å²) in [7, 11) is 4.00. The van der Waals surface area contributed by atoms with E-state index >= 15 is 0 Å². The van der Waals surface area contributed by atoms with Crippen molar-refractivity contribution in [2.24, 2.45) is 0 Å². The first-order valence-corrected chi connectivity index (χ1v) is 4.76. The lowest BCUT2D eigenvalue weighted by Crippen LogP contribution is -2.09. The molecule has 0 aromatic carbocycles. The van der Waals surface area contributed by atoms with Gasteiger partial charge >= 0.3 is 0 Å². The third kappa shape index (κ3) is 3.52. The molecule has 0 saturated carbocycles. The Hall–Kier alpha value is -0.940. The molecular formula is C8H13N3OS. The van der Waals surface area contributed by atoms with Crippen LogP contribution in [0.15, 0.2) is 6.20 Å². The summed E-state index contributed by atoms with van der Waals surface area (Å²) < 4.78 is 0. The number of hydrogen-bond acceptors (Lipinski definition) is 4. The second-order valence-electron chi connectivity index (χ2n) is 3.05. The highest BCUT2D eigenvalue weighted by molar-refractivity contribution is 7.15. The molecule has 0 aliphatic carbocycles. The van der Waals surface area contributed by atoms with E-state index in [0.29, 0.717) is 5.13 Å². The molecule has 1 rings (SSSR count). The fourth-order valence-corrected chi connectivity index (χ4v) is 1.88. The van der Waals surface area contributed by atoms with Crippen LogP contribution in [-0.2, 0) is 11.3 Å². The molecule has 72 valence electrons. The highest BCUT2D eigenvalue weighted by atomic mass is 32.1. The van der Waals surface area contributed by atoms with E-state index in [1.54, 1.807) is 6.20 Å². The average Bonchev–Trinajstić information content (AvgIpc) is 2.33. The first kappa shape index (κ1) is 10.1. The van der Waals surface area contributed by atoms with Crippen LogP contribution in [0.4, 0.5) is 5.13 Å². The maximum absolute atomic E-state index is 10.7. The van der Waals surface area contributed by atoms with Gasteiger partial charge in [-0.05, 0) is 14.1 Å². The van der Waals surface area contributed by atoms with Crippen LogP contribution in [0.3, 0.4) is 0 Å². The molecule has 0 atom stereocenters. The van der Waals surface area contributed by atoms with Gasteiger partial charge in [-0.15, -0.1) is 11.3 Å². The Morgan fingerprint density at radius 2 is 2.38 bits per heavy atom. The summed E-state index contributed by atoms with van der Waals surface area (Å²) in [6, 6.07) is 0. The van der Waals surface area contributed by atoms with E-state index in [2.05, 4.69) is 15.2 Å². The van der Waals surface area contributed by atoms with Crippen LogP contribution in [0, 0.1) is 0 Å². The van der Waals surface area contributed by atoms with Gasteiger partial charge in [-0.2, -0.15) is 0 Å². The van der Waals surface area contributed by atoms with Gasteiger partial charge in [-0.1, -0.05) is 0 Å². The van der Waals surface area contributed by atoms with E-state index in [1.807, 2.05) is 14.1 Å². The average molecular weight is 199 g/mol. The zero-order valence-electron chi connectivity index (χ0n) is 8.00. The van der Waals surface area contributed by atoms with Crippen molar-refractivity contribution in [3.8, 4) is 0 Å². The molecule has 0 aliphatic heterocycles. The predicted molar refractivity (Wildman–Crippen MR) is 53.8 cm³/mol. The minimum Gasteiger partial charge on any atom is -0.304 e. The highest BCUT2D eigenvalue weighted by Gasteiger charge is 2.03. The van der Waals surface area contributed by atoms with Crippen molar-refractivity contribution in [1.82, 2.24) is 9.88 Å². The molecule has 5 heteroatoms. The van der Waals surface area contributed by atoms with Crippen LogP contribution < -0.4 is 5.32 Å². The number of nitrogens with zero attached hydrogens (tertiary/aromatic N) is 2. The van der Waals surface area contributed by atoms with Crippen molar-refractivity contribution in [2.75, 3.05) is 19.4 Å². The lowest BCUT2D eigenvalue weighted by Gasteiger charge is -2.05. The smallest absolute Gasteiger partial charge is 0.223 e. The summed E-state index contributed by atoms with van der Waals surface area (Å²) in [6.07, 6.45) is 1.79. The molecule has 0 spiro atoms. The molecule has 0 unspecified atom stereocenters. The second-order valence-corrected chi connectivity index (χ2v) is 4.17. The number of amides is 1. The molecule has 0 fully saturated rings. The van der Waals surface area contributed by atoms with Crippen LogP contribution in [-0.4, -0.2) is 29.9 Å². The first-order valence-electron chi connectivity index (χ1n) is 3.95. The minimum atomic E-state index is -0.0780. The lowest BCUT2D eigenvalue weighted by molar-refractivity contribution is -0.114. The van der Waals surface area contributed by atoms with Crippen LogP contribution >= 0.6 is 11.3 Å². The molecule has 0 radical (unpaired) electrons. The molecule has 4 nitrogen and oxygen atoms in total. The topological polar surface area (TPSA) is 45.2 Å². The number of nitrogens with one attached hydrogen (secondary N) is 1. The van der Waals surface area contributed by atoms with Crippen molar-refractivity contribution in [1.29, 1.82) is 0 Å². The SMILES string of the molecule is CC(=O)Nc1ncc(CN(C)C)s1. The summed E-state index contributed by atoms with van der Waals surface area (Å²) in [5.41, 5.74) is 0. The molecule has 1 heterocycles. The third-order valence-electron chi connectivity index (χ3n) is 1.31. The third-order valence-corrected chi connectivity index (χ3v) is 2.21. The molecule has 1 N–H and O–H groups in total. The predicted octanol–water partition coefficient (Wildman–Crippen LogP) is 1.16. The summed E-state index contributed by atoms with van der Waals surface area (Å²) in [4.78, 5) is 18.0. The van der Waals surface area contributed by atoms with Crippen LogP contribution in [0.1, 0.15) is 11.8 Å². The van der Waals surface area contributed by atoms with Gasteiger partial charge in [0, 0.05) is 24.5 Å². The van der Waals surface area contributed by atoms with Crippen molar-refractivity contribution in [2.45, 2.75) is 13.5 Å².